The van der Waals surface area contributed by atoms with Crippen LogP contribution in [0, 0.1) is 6.92 Å². The number of thiophene rings is 1. The monoisotopic (exact) mass is 430 g/mol. The van der Waals surface area contributed by atoms with Gasteiger partial charge in [0.15, 0.2) is 4.34 Å². The van der Waals surface area contributed by atoms with Gasteiger partial charge in [0, 0.05) is 17.1 Å². The number of carbonyl (C=O) groups is 1. The van der Waals surface area contributed by atoms with E-state index < -0.39 is 0 Å². The van der Waals surface area contributed by atoms with Crippen molar-refractivity contribution in [1.29, 1.82) is 0 Å². The lowest BCUT2D eigenvalue weighted by Gasteiger charge is -2.35. The molecule has 0 fully saturated rings. The lowest BCUT2D eigenvalue weighted by Crippen LogP contribution is -2.40. The maximum Gasteiger partial charge on any atom is 0.233 e. The average Bonchev–Trinajstić information content (AvgIpc) is 3.34. The van der Waals surface area contributed by atoms with Crippen molar-refractivity contribution in [2.45, 2.75) is 37.1 Å². The average molecular weight is 431 g/mol. The Labute approximate surface area is 177 Å². The topological polar surface area (TPSA) is 58.1 Å². The smallest absolute Gasteiger partial charge is 0.233 e. The summed E-state index contributed by atoms with van der Waals surface area (Å²) in [5, 5.41) is 14.6. The van der Waals surface area contributed by atoms with Crippen LogP contribution >= 0.6 is 34.4 Å². The minimum Gasteiger partial charge on any atom is -0.335 e. The molecule has 1 N–H and O–H groups in total. The molecule has 1 aliphatic heterocycles. The van der Waals surface area contributed by atoms with Crippen molar-refractivity contribution in [2.24, 2.45) is 0 Å². The lowest BCUT2D eigenvalue weighted by molar-refractivity contribution is -0.131. The van der Waals surface area contributed by atoms with Gasteiger partial charge in [0.2, 0.25) is 11.0 Å². The van der Waals surface area contributed by atoms with Crippen LogP contribution in [0.25, 0.3) is 0 Å². The van der Waals surface area contributed by atoms with Crippen molar-refractivity contribution in [2.75, 3.05) is 17.6 Å². The van der Waals surface area contributed by atoms with Crippen LogP contribution in [0.15, 0.2) is 40.1 Å². The molecule has 3 heterocycles. The highest BCUT2D eigenvalue weighted by Gasteiger charge is 2.30. The third-order valence-electron chi connectivity index (χ3n) is 4.80. The molecule has 1 atom stereocenters. The summed E-state index contributed by atoms with van der Waals surface area (Å²) >= 11 is 4.75. The molecule has 0 saturated heterocycles. The number of amides is 1. The second kappa shape index (κ2) is 8.63. The highest BCUT2D eigenvalue weighted by molar-refractivity contribution is 8.01. The Hall–Kier alpha value is -1.90. The van der Waals surface area contributed by atoms with Gasteiger partial charge in [-0.2, -0.15) is 0 Å². The van der Waals surface area contributed by atoms with Gasteiger partial charge >= 0.3 is 0 Å². The molecule has 0 radical (unpaired) electrons. The zero-order chi connectivity index (χ0) is 19.5. The van der Waals surface area contributed by atoms with Crippen LogP contribution in [-0.4, -0.2) is 33.3 Å². The number of anilines is 2. The zero-order valence-electron chi connectivity index (χ0n) is 15.8. The fourth-order valence-corrected chi connectivity index (χ4v) is 6.09. The summed E-state index contributed by atoms with van der Waals surface area (Å²) in [5.74, 6) is 0.576. The standard InChI is InChI=1S/C20H22N4OS3/c1-3-16-15-8-10-26-17(15)7-9-24(16)18(25)12-27-20-23-22-19(28-20)21-14-6-4-5-13(2)11-14/h4-6,8,10-11,16H,3,7,9,12H2,1-2H3,(H,21,22). The molecule has 4 rings (SSSR count). The highest BCUT2D eigenvalue weighted by Crippen LogP contribution is 2.36. The molecular weight excluding hydrogens is 408 g/mol. The lowest BCUT2D eigenvalue weighted by atomic mass is 9.98. The second-order valence-corrected chi connectivity index (χ2v) is 9.92. The summed E-state index contributed by atoms with van der Waals surface area (Å²) in [6.07, 6.45) is 1.91. The molecule has 2 aromatic heterocycles. The molecular formula is C20H22N4OS3. The fraction of sp³-hybridized carbons (Fsp3) is 0.350. The summed E-state index contributed by atoms with van der Waals surface area (Å²) in [4.78, 5) is 16.3. The Balaban J connectivity index is 1.36. The fourth-order valence-electron chi connectivity index (χ4n) is 3.51. The van der Waals surface area contributed by atoms with Gasteiger partial charge in [0.05, 0.1) is 11.8 Å². The summed E-state index contributed by atoms with van der Waals surface area (Å²) in [5.41, 5.74) is 3.52. The van der Waals surface area contributed by atoms with E-state index in [2.05, 4.69) is 52.9 Å². The number of hydrogen-bond acceptors (Lipinski definition) is 7. The summed E-state index contributed by atoms with van der Waals surface area (Å²) in [6.45, 7) is 5.02. The number of aryl methyl sites for hydroxylation is 1. The van der Waals surface area contributed by atoms with Crippen LogP contribution in [0.3, 0.4) is 0 Å². The van der Waals surface area contributed by atoms with Crippen molar-refractivity contribution in [3.8, 4) is 0 Å². The quantitative estimate of drug-likeness (QED) is 0.539. The molecule has 1 unspecified atom stereocenters. The number of rotatable bonds is 6. The van der Waals surface area contributed by atoms with Crippen LogP contribution in [0.1, 0.15) is 35.4 Å². The molecule has 5 nitrogen and oxygen atoms in total. The maximum atomic E-state index is 12.9. The molecule has 1 aliphatic rings. The van der Waals surface area contributed by atoms with E-state index >= 15 is 0 Å². The zero-order valence-corrected chi connectivity index (χ0v) is 18.3. The molecule has 3 aromatic rings. The Morgan fingerprint density at radius 3 is 3.07 bits per heavy atom. The Morgan fingerprint density at radius 1 is 1.36 bits per heavy atom. The van der Waals surface area contributed by atoms with E-state index in [1.165, 1.54) is 39.1 Å². The Bertz CT molecular complexity index is 968. The van der Waals surface area contributed by atoms with E-state index in [0.29, 0.717) is 5.75 Å². The molecule has 0 saturated carbocycles. The summed E-state index contributed by atoms with van der Waals surface area (Å²) in [7, 11) is 0. The van der Waals surface area contributed by atoms with Crippen molar-refractivity contribution in [3.63, 3.8) is 0 Å². The molecule has 0 bridgehead atoms. The van der Waals surface area contributed by atoms with E-state index in [-0.39, 0.29) is 11.9 Å². The van der Waals surface area contributed by atoms with Gasteiger partial charge in [-0.1, -0.05) is 42.2 Å². The van der Waals surface area contributed by atoms with Crippen LogP contribution < -0.4 is 5.32 Å². The van der Waals surface area contributed by atoms with E-state index in [4.69, 9.17) is 0 Å². The van der Waals surface area contributed by atoms with Crippen molar-refractivity contribution in [3.05, 3.63) is 51.7 Å². The van der Waals surface area contributed by atoms with Crippen LogP contribution in [-0.2, 0) is 11.2 Å². The Kier molecular flexibility index (Phi) is 5.99. The molecule has 1 amide bonds. The number of benzene rings is 1. The van der Waals surface area contributed by atoms with E-state index in [1.807, 2.05) is 17.0 Å². The summed E-state index contributed by atoms with van der Waals surface area (Å²) < 4.78 is 0.810. The number of carbonyl (C=O) groups excluding carboxylic acids is 1. The van der Waals surface area contributed by atoms with Crippen molar-refractivity contribution in [1.82, 2.24) is 15.1 Å². The number of fused-ring (bicyclic) bond motifs is 1. The molecule has 28 heavy (non-hydrogen) atoms. The number of nitrogens with zero attached hydrogens (tertiary/aromatic N) is 3. The van der Waals surface area contributed by atoms with Gasteiger partial charge in [0.1, 0.15) is 0 Å². The number of hydrogen-bond donors (Lipinski definition) is 1. The highest BCUT2D eigenvalue weighted by atomic mass is 32.2. The number of aromatic nitrogens is 2. The first-order valence-corrected chi connectivity index (χ1v) is 12.0. The third-order valence-corrected chi connectivity index (χ3v) is 7.75. The van der Waals surface area contributed by atoms with Crippen molar-refractivity contribution >= 4 is 51.2 Å². The largest absolute Gasteiger partial charge is 0.335 e. The first-order valence-electron chi connectivity index (χ1n) is 9.29. The van der Waals surface area contributed by atoms with E-state index in [0.717, 1.165) is 34.5 Å². The van der Waals surface area contributed by atoms with Crippen LogP contribution in [0.4, 0.5) is 10.8 Å². The van der Waals surface area contributed by atoms with Gasteiger partial charge in [-0.15, -0.1) is 21.5 Å². The predicted octanol–water partition coefficient (Wildman–Crippen LogP) is 5.28. The molecule has 8 heteroatoms. The minimum absolute atomic E-state index is 0.178. The molecule has 0 spiro atoms. The molecule has 0 aliphatic carbocycles. The second-order valence-electron chi connectivity index (χ2n) is 6.72. The normalized spacial score (nSPS) is 16.1. The van der Waals surface area contributed by atoms with E-state index in [1.54, 1.807) is 11.3 Å². The predicted molar refractivity (Wildman–Crippen MR) is 118 cm³/mol. The maximum absolute atomic E-state index is 12.9. The first-order chi connectivity index (χ1) is 13.6. The van der Waals surface area contributed by atoms with Gasteiger partial charge in [0.25, 0.3) is 0 Å². The van der Waals surface area contributed by atoms with E-state index in [9.17, 15) is 4.79 Å². The SMILES string of the molecule is CCC1c2ccsc2CCN1C(=O)CSc1nnc(Nc2cccc(C)c2)s1. The van der Waals surface area contributed by atoms with Crippen LogP contribution in [0.5, 0.6) is 0 Å². The van der Waals surface area contributed by atoms with Crippen molar-refractivity contribution < 1.29 is 4.79 Å². The van der Waals surface area contributed by atoms with Gasteiger partial charge in [-0.3, -0.25) is 4.79 Å². The van der Waals surface area contributed by atoms with Gasteiger partial charge in [-0.05, 0) is 54.5 Å². The number of nitrogens with one attached hydrogen (secondary N) is 1. The molecule has 1 aromatic carbocycles. The third kappa shape index (κ3) is 4.24. The molecule has 146 valence electrons. The summed E-state index contributed by atoms with van der Waals surface area (Å²) in [6, 6.07) is 10.5. The van der Waals surface area contributed by atoms with Gasteiger partial charge < -0.3 is 10.2 Å². The number of thioether (sulfide) groups is 1. The van der Waals surface area contributed by atoms with Crippen LogP contribution in [0.2, 0.25) is 0 Å². The van der Waals surface area contributed by atoms with Gasteiger partial charge in [-0.25, -0.2) is 0 Å². The minimum atomic E-state index is 0.178. The Morgan fingerprint density at radius 2 is 2.25 bits per heavy atom. The first kappa shape index (κ1) is 19.4.